The van der Waals surface area contributed by atoms with Crippen LogP contribution in [0.1, 0.15) is 16.7 Å². The molecule has 0 bridgehead atoms. The first-order valence-electron chi connectivity index (χ1n) is 6.35. The van der Waals surface area contributed by atoms with E-state index in [2.05, 4.69) is 42.6 Å². The van der Waals surface area contributed by atoms with Gasteiger partial charge in [0.1, 0.15) is 0 Å². The van der Waals surface area contributed by atoms with Crippen LogP contribution in [0.2, 0.25) is 0 Å². The van der Waals surface area contributed by atoms with Gasteiger partial charge in [-0.25, -0.2) is 0 Å². The van der Waals surface area contributed by atoms with Crippen LogP contribution in [0.15, 0.2) is 48.5 Å². The van der Waals surface area contributed by atoms with Crippen LogP contribution in [0, 0.1) is 6.92 Å². The van der Waals surface area contributed by atoms with E-state index in [0.717, 1.165) is 25.2 Å². The van der Waals surface area contributed by atoms with Crippen LogP contribution >= 0.6 is 0 Å². The molecule has 2 heteroatoms. The molecule has 18 heavy (non-hydrogen) atoms. The van der Waals surface area contributed by atoms with E-state index in [1.165, 1.54) is 16.7 Å². The minimum atomic E-state index is 0.834. The summed E-state index contributed by atoms with van der Waals surface area (Å²) in [4.78, 5) is 0. The topological polar surface area (TPSA) is 38.0 Å². The highest BCUT2D eigenvalue weighted by Gasteiger charge is 1.99. The van der Waals surface area contributed by atoms with E-state index in [1.54, 1.807) is 0 Å². The van der Waals surface area contributed by atoms with Crippen molar-refractivity contribution in [1.29, 1.82) is 0 Å². The molecule has 0 spiro atoms. The molecule has 0 aliphatic rings. The minimum Gasteiger partial charge on any atom is -0.398 e. The molecular formula is C16H20N2. The Morgan fingerprint density at radius 1 is 1.06 bits per heavy atom. The van der Waals surface area contributed by atoms with Crippen LogP contribution in [-0.2, 0) is 13.0 Å². The van der Waals surface area contributed by atoms with Gasteiger partial charge in [-0.05, 0) is 37.1 Å². The molecule has 0 saturated carbocycles. The number of hydrogen-bond donors (Lipinski definition) is 2. The van der Waals surface area contributed by atoms with E-state index < -0.39 is 0 Å². The normalized spacial score (nSPS) is 10.5. The smallest absolute Gasteiger partial charge is 0.0359 e. The number of nitrogens with two attached hydrogens (primary N) is 1. The molecule has 94 valence electrons. The maximum absolute atomic E-state index is 5.94. The molecule has 0 aliphatic carbocycles. The van der Waals surface area contributed by atoms with Crippen LogP contribution in [0.5, 0.6) is 0 Å². The molecule has 0 heterocycles. The van der Waals surface area contributed by atoms with Gasteiger partial charge < -0.3 is 11.1 Å². The van der Waals surface area contributed by atoms with Crippen LogP contribution in [0.25, 0.3) is 0 Å². The third-order valence-electron chi connectivity index (χ3n) is 3.05. The first-order valence-corrected chi connectivity index (χ1v) is 6.35. The number of hydrogen-bond acceptors (Lipinski definition) is 2. The van der Waals surface area contributed by atoms with Crippen LogP contribution in [0.3, 0.4) is 0 Å². The van der Waals surface area contributed by atoms with Crippen molar-refractivity contribution in [3.8, 4) is 0 Å². The molecule has 2 rings (SSSR count). The Kier molecular flexibility index (Phi) is 4.37. The zero-order chi connectivity index (χ0) is 12.8. The summed E-state index contributed by atoms with van der Waals surface area (Å²) in [7, 11) is 0. The summed E-state index contributed by atoms with van der Waals surface area (Å²) in [6, 6.07) is 16.7. The summed E-state index contributed by atoms with van der Waals surface area (Å²) in [5.41, 5.74) is 10.6. The van der Waals surface area contributed by atoms with Crippen molar-refractivity contribution >= 4 is 5.69 Å². The van der Waals surface area contributed by atoms with Gasteiger partial charge in [0.05, 0.1) is 0 Å². The van der Waals surface area contributed by atoms with E-state index in [9.17, 15) is 0 Å². The van der Waals surface area contributed by atoms with Gasteiger partial charge in [0, 0.05) is 12.2 Å². The van der Waals surface area contributed by atoms with Gasteiger partial charge in [-0.3, -0.25) is 0 Å². The molecule has 0 aromatic heterocycles. The van der Waals surface area contributed by atoms with Crippen LogP contribution < -0.4 is 11.1 Å². The number of nitrogen functional groups attached to an aromatic ring is 1. The molecule has 3 N–H and O–H groups in total. The van der Waals surface area contributed by atoms with E-state index in [-0.39, 0.29) is 0 Å². The lowest BCUT2D eigenvalue weighted by atomic mass is 10.1. The van der Waals surface area contributed by atoms with Crippen molar-refractivity contribution in [2.24, 2.45) is 0 Å². The maximum atomic E-state index is 5.94. The molecule has 0 amide bonds. The lowest BCUT2D eigenvalue weighted by Gasteiger charge is -2.08. The van der Waals surface area contributed by atoms with Crippen molar-refractivity contribution in [2.45, 2.75) is 19.9 Å². The van der Waals surface area contributed by atoms with Gasteiger partial charge in [-0.15, -0.1) is 0 Å². The van der Waals surface area contributed by atoms with Crippen molar-refractivity contribution in [3.63, 3.8) is 0 Å². The molecule has 0 aliphatic heterocycles. The first-order chi connectivity index (χ1) is 8.75. The quantitative estimate of drug-likeness (QED) is 0.623. The number of benzene rings is 2. The highest BCUT2D eigenvalue weighted by molar-refractivity contribution is 5.48. The van der Waals surface area contributed by atoms with Gasteiger partial charge >= 0.3 is 0 Å². The van der Waals surface area contributed by atoms with Gasteiger partial charge in [-0.1, -0.05) is 48.0 Å². The number of rotatable bonds is 5. The Hall–Kier alpha value is -1.80. The molecule has 0 fully saturated rings. The molecular weight excluding hydrogens is 220 g/mol. The van der Waals surface area contributed by atoms with E-state index in [4.69, 9.17) is 5.73 Å². The van der Waals surface area contributed by atoms with Gasteiger partial charge in [0.25, 0.3) is 0 Å². The molecule has 2 aromatic carbocycles. The van der Waals surface area contributed by atoms with Crippen molar-refractivity contribution in [1.82, 2.24) is 5.32 Å². The number of nitrogens with one attached hydrogen (secondary N) is 1. The fourth-order valence-corrected chi connectivity index (χ4v) is 1.99. The Labute approximate surface area is 109 Å². The molecule has 0 unspecified atom stereocenters. The predicted octanol–water partition coefficient (Wildman–Crippen LogP) is 2.91. The highest BCUT2D eigenvalue weighted by atomic mass is 14.8. The largest absolute Gasteiger partial charge is 0.398 e. The lowest BCUT2D eigenvalue weighted by molar-refractivity contribution is 0.688. The number of anilines is 1. The standard InChI is InChI=1S/C16H20N2/c1-13-7-8-16(17)15(11-13)12-18-10-9-14-5-3-2-4-6-14/h2-8,11,18H,9-10,12,17H2,1H3. The van der Waals surface area contributed by atoms with E-state index in [0.29, 0.717) is 0 Å². The van der Waals surface area contributed by atoms with Gasteiger partial charge in [0.15, 0.2) is 0 Å². The Morgan fingerprint density at radius 2 is 1.83 bits per heavy atom. The summed E-state index contributed by atoms with van der Waals surface area (Å²) in [6.07, 6.45) is 1.05. The fourth-order valence-electron chi connectivity index (χ4n) is 1.99. The molecule has 0 radical (unpaired) electrons. The monoisotopic (exact) mass is 240 g/mol. The summed E-state index contributed by atoms with van der Waals surface area (Å²) in [6.45, 7) is 3.89. The Morgan fingerprint density at radius 3 is 2.61 bits per heavy atom. The second-order valence-corrected chi connectivity index (χ2v) is 4.61. The first kappa shape index (κ1) is 12.7. The van der Waals surface area contributed by atoms with Crippen molar-refractivity contribution < 1.29 is 0 Å². The second kappa shape index (κ2) is 6.22. The highest BCUT2D eigenvalue weighted by Crippen LogP contribution is 2.13. The zero-order valence-electron chi connectivity index (χ0n) is 10.8. The Bertz CT molecular complexity index is 492. The van der Waals surface area contributed by atoms with Gasteiger partial charge in [-0.2, -0.15) is 0 Å². The fraction of sp³-hybridized carbons (Fsp3) is 0.250. The van der Waals surface area contributed by atoms with Gasteiger partial charge in [0.2, 0.25) is 0 Å². The molecule has 0 saturated heterocycles. The predicted molar refractivity (Wildman–Crippen MR) is 77.4 cm³/mol. The summed E-state index contributed by atoms with van der Waals surface area (Å²) in [5.74, 6) is 0. The molecule has 2 nitrogen and oxygen atoms in total. The van der Waals surface area contributed by atoms with Crippen LogP contribution in [0.4, 0.5) is 5.69 Å². The molecule has 2 aromatic rings. The second-order valence-electron chi connectivity index (χ2n) is 4.61. The van der Waals surface area contributed by atoms with Crippen LogP contribution in [-0.4, -0.2) is 6.54 Å². The van der Waals surface area contributed by atoms with Crippen molar-refractivity contribution in [2.75, 3.05) is 12.3 Å². The van der Waals surface area contributed by atoms with E-state index >= 15 is 0 Å². The lowest BCUT2D eigenvalue weighted by Crippen LogP contribution is -2.17. The number of aryl methyl sites for hydroxylation is 1. The SMILES string of the molecule is Cc1ccc(N)c(CNCCc2ccccc2)c1. The third-order valence-corrected chi connectivity index (χ3v) is 3.05. The molecule has 0 atom stereocenters. The summed E-state index contributed by atoms with van der Waals surface area (Å²) < 4.78 is 0. The summed E-state index contributed by atoms with van der Waals surface area (Å²) in [5, 5.41) is 3.44. The average Bonchev–Trinajstić information content (AvgIpc) is 2.40. The third kappa shape index (κ3) is 3.60. The van der Waals surface area contributed by atoms with Crippen molar-refractivity contribution in [3.05, 3.63) is 65.2 Å². The van der Waals surface area contributed by atoms with E-state index in [1.807, 2.05) is 18.2 Å². The minimum absolute atomic E-state index is 0.834. The Balaban J connectivity index is 1.80. The zero-order valence-corrected chi connectivity index (χ0v) is 10.8. The maximum Gasteiger partial charge on any atom is 0.0359 e. The average molecular weight is 240 g/mol. The summed E-state index contributed by atoms with van der Waals surface area (Å²) >= 11 is 0.